The molecule has 0 amide bonds. The highest BCUT2D eigenvalue weighted by Gasteiger charge is 1.60. The summed E-state index contributed by atoms with van der Waals surface area (Å²) in [5.74, 6) is 0. The molecule has 0 rings (SSSR count). The first-order valence-electron chi connectivity index (χ1n) is 2.50. The van der Waals surface area contributed by atoms with Crippen LogP contribution in [0, 0.1) is 0 Å². The highest BCUT2D eigenvalue weighted by molar-refractivity contribution is 4.11. The predicted molar refractivity (Wildman–Crippen MR) is 31.5 cm³/mol. The van der Waals surface area contributed by atoms with Gasteiger partial charge in [0.2, 0.25) is 0 Å². The molecule has 0 saturated carbocycles. The van der Waals surface area contributed by atoms with Crippen molar-refractivity contribution in [3.63, 3.8) is 0 Å². The lowest BCUT2D eigenvalue weighted by Crippen LogP contribution is -1.58. The summed E-state index contributed by atoms with van der Waals surface area (Å²) in [6, 6.07) is 0. The molecule has 0 spiro atoms. The molecule has 0 saturated heterocycles. The summed E-state index contributed by atoms with van der Waals surface area (Å²) in [7, 11) is 0. The van der Waals surface area contributed by atoms with Gasteiger partial charge in [-0.2, -0.15) is 0 Å². The fraction of sp³-hybridized carbons (Fsp3) is 1.00. The van der Waals surface area contributed by atoms with Crippen molar-refractivity contribution in [3.05, 3.63) is 0 Å². The molecular formula is C5H14F2O. The first-order chi connectivity index (χ1) is 3.33. The zero-order valence-corrected chi connectivity index (χ0v) is 5.35. The van der Waals surface area contributed by atoms with Crippen LogP contribution in [0.2, 0.25) is 0 Å². The summed E-state index contributed by atoms with van der Waals surface area (Å²) < 4.78 is 10.7. The molecule has 8 heavy (non-hydrogen) atoms. The van der Waals surface area contributed by atoms with Crippen LogP contribution >= 0.6 is 0 Å². The third-order valence-electron chi connectivity index (χ3n) is 0.189. The van der Waals surface area contributed by atoms with E-state index in [0.717, 1.165) is 0 Å². The Kier molecular flexibility index (Phi) is 56.8. The number of alkyl halides is 1. The van der Waals surface area contributed by atoms with E-state index in [1.165, 1.54) is 0 Å². The van der Waals surface area contributed by atoms with Gasteiger partial charge in [0, 0.05) is 6.61 Å². The molecule has 0 unspecified atom stereocenters. The molecule has 0 aromatic carbocycles. The molecule has 0 atom stereocenters. The minimum absolute atomic E-state index is 0. The molecule has 0 radical (unpaired) electrons. The van der Waals surface area contributed by atoms with Crippen molar-refractivity contribution in [1.82, 2.24) is 0 Å². The van der Waals surface area contributed by atoms with E-state index in [1.54, 1.807) is 13.8 Å². The third-order valence-corrected chi connectivity index (χ3v) is 0.189. The zero-order valence-electron chi connectivity index (χ0n) is 5.35. The smallest absolute Gasteiger partial charge is 0.0891 e. The van der Waals surface area contributed by atoms with E-state index in [9.17, 15) is 4.39 Å². The normalized spacial score (nSPS) is 6.00. The van der Waals surface area contributed by atoms with Gasteiger partial charge in [-0.1, -0.05) is 6.92 Å². The fourth-order valence-electron chi connectivity index (χ4n) is 0. The van der Waals surface area contributed by atoms with E-state index in [0.29, 0.717) is 6.42 Å². The molecule has 3 heteroatoms. The van der Waals surface area contributed by atoms with Crippen LogP contribution in [0.1, 0.15) is 20.3 Å². The lowest BCUT2D eigenvalue weighted by Gasteiger charge is -1.64. The molecule has 0 aliphatic carbocycles. The molecular weight excluding hydrogens is 114 g/mol. The molecule has 0 fully saturated rings. The highest BCUT2D eigenvalue weighted by Crippen LogP contribution is 1.69. The predicted octanol–water partition coefficient (Wildman–Crippen LogP) is 1.52. The lowest BCUT2D eigenvalue weighted by molar-refractivity contribution is 0.318. The Morgan fingerprint density at radius 3 is 1.50 bits per heavy atom. The van der Waals surface area contributed by atoms with Crippen molar-refractivity contribution in [3.8, 4) is 0 Å². The van der Waals surface area contributed by atoms with Crippen LogP contribution in [-0.2, 0) is 0 Å². The Morgan fingerprint density at radius 1 is 1.38 bits per heavy atom. The maximum absolute atomic E-state index is 10.7. The van der Waals surface area contributed by atoms with Gasteiger partial charge in [0.15, 0.2) is 0 Å². The Bertz CT molecular complexity index is 17.9. The van der Waals surface area contributed by atoms with Crippen LogP contribution in [-0.4, -0.2) is 18.4 Å². The summed E-state index contributed by atoms with van der Waals surface area (Å²) in [4.78, 5) is 0. The topological polar surface area (TPSA) is 20.2 Å². The minimum atomic E-state index is -0.181. The summed E-state index contributed by atoms with van der Waals surface area (Å²) in [5, 5.41) is 7.57. The van der Waals surface area contributed by atoms with E-state index >= 15 is 0 Å². The number of halogens is 2. The number of hydrogen-bond donors (Lipinski definition) is 1. The summed E-state index contributed by atoms with van der Waals surface area (Å²) in [6.07, 6.45) is 0.653. The quantitative estimate of drug-likeness (QED) is 0.567. The van der Waals surface area contributed by atoms with Gasteiger partial charge in [-0.05, 0) is 13.3 Å². The SMILES string of the molecule is CCCF.CCO.F. The molecule has 0 aliphatic heterocycles. The largest absolute Gasteiger partial charge is 0.397 e. The van der Waals surface area contributed by atoms with Crippen molar-refractivity contribution in [2.45, 2.75) is 20.3 Å². The van der Waals surface area contributed by atoms with Gasteiger partial charge in [-0.25, -0.2) is 0 Å². The molecule has 0 aromatic heterocycles. The maximum Gasteiger partial charge on any atom is 0.0891 e. The average molecular weight is 128 g/mol. The highest BCUT2D eigenvalue weighted by atomic mass is 19.1. The van der Waals surface area contributed by atoms with Gasteiger partial charge >= 0.3 is 0 Å². The first kappa shape index (κ1) is 15.7. The Labute approximate surface area is 48.9 Å². The Hall–Kier alpha value is -0.180. The Morgan fingerprint density at radius 2 is 1.50 bits per heavy atom. The first-order valence-corrected chi connectivity index (χ1v) is 2.50. The molecule has 1 nitrogen and oxygen atoms in total. The second-order valence-electron chi connectivity index (χ2n) is 1.01. The van der Waals surface area contributed by atoms with Crippen LogP contribution in [0.4, 0.5) is 9.09 Å². The lowest BCUT2D eigenvalue weighted by atomic mass is 10.6. The van der Waals surface area contributed by atoms with Crippen molar-refractivity contribution >= 4 is 0 Å². The van der Waals surface area contributed by atoms with Crippen molar-refractivity contribution in [1.29, 1.82) is 0 Å². The van der Waals surface area contributed by atoms with E-state index in [4.69, 9.17) is 5.11 Å². The van der Waals surface area contributed by atoms with Crippen molar-refractivity contribution in [2.75, 3.05) is 13.3 Å². The van der Waals surface area contributed by atoms with Crippen LogP contribution in [0.3, 0.4) is 0 Å². The number of aliphatic hydroxyl groups is 1. The van der Waals surface area contributed by atoms with Gasteiger partial charge in [0.1, 0.15) is 0 Å². The number of rotatable bonds is 1. The molecule has 0 heterocycles. The van der Waals surface area contributed by atoms with Crippen LogP contribution in [0.5, 0.6) is 0 Å². The summed E-state index contributed by atoms with van der Waals surface area (Å²) in [5.41, 5.74) is 0. The number of hydrogen-bond acceptors (Lipinski definition) is 1. The van der Waals surface area contributed by atoms with Crippen LogP contribution < -0.4 is 0 Å². The van der Waals surface area contributed by atoms with Gasteiger partial charge in [-0.3, -0.25) is 9.09 Å². The second-order valence-corrected chi connectivity index (χ2v) is 1.01. The number of aliphatic hydroxyl groups excluding tert-OH is 1. The van der Waals surface area contributed by atoms with Gasteiger partial charge < -0.3 is 5.11 Å². The van der Waals surface area contributed by atoms with Gasteiger partial charge in [0.05, 0.1) is 6.67 Å². The Balaban J connectivity index is -0.0000000575. The average Bonchev–Trinajstić information content (AvgIpc) is 1.69. The zero-order chi connectivity index (χ0) is 6.12. The summed E-state index contributed by atoms with van der Waals surface area (Å²) in [6.45, 7) is 3.56. The van der Waals surface area contributed by atoms with E-state index in [2.05, 4.69) is 0 Å². The monoisotopic (exact) mass is 128 g/mol. The molecule has 0 aromatic rings. The molecule has 1 N–H and O–H groups in total. The van der Waals surface area contributed by atoms with Crippen LogP contribution in [0.15, 0.2) is 0 Å². The fourth-order valence-corrected chi connectivity index (χ4v) is 0. The summed E-state index contributed by atoms with van der Waals surface area (Å²) >= 11 is 0. The second kappa shape index (κ2) is 29.0. The minimum Gasteiger partial charge on any atom is -0.397 e. The maximum atomic E-state index is 10.7. The standard InChI is InChI=1S/C3H7F.C2H6O.FH/c1-2-3-4;1-2-3;/h2-3H2,1H3;3H,2H2,1H3;1H. The van der Waals surface area contributed by atoms with Gasteiger partial charge in [-0.15, -0.1) is 0 Å². The van der Waals surface area contributed by atoms with Crippen molar-refractivity contribution < 1.29 is 14.2 Å². The third kappa shape index (κ3) is 201. The molecule has 0 aliphatic rings. The van der Waals surface area contributed by atoms with Crippen molar-refractivity contribution in [2.24, 2.45) is 0 Å². The van der Waals surface area contributed by atoms with Crippen LogP contribution in [0.25, 0.3) is 0 Å². The van der Waals surface area contributed by atoms with E-state index in [1.807, 2.05) is 0 Å². The molecule has 54 valence electrons. The van der Waals surface area contributed by atoms with E-state index < -0.39 is 0 Å². The molecule has 0 bridgehead atoms. The van der Waals surface area contributed by atoms with Gasteiger partial charge in [0.25, 0.3) is 0 Å². The van der Waals surface area contributed by atoms with E-state index in [-0.39, 0.29) is 18.0 Å².